The van der Waals surface area contributed by atoms with E-state index >= 15 is 0 Å². The standard InChI is InChI=1S/C13H15N3O/c17-10-4-3-7-16(8-10)13-11-5-1-2-6-12(11)14-9-15-13/h1-2,5-6,9-10,17H,3-4,7-8H2. The van der Waals surface area contributed by atoms with Crippen LogP contribution in [-0.2, 0) is 0 Å². The van der Waals surface area contributed by atoms with Gasteiger partial charge in [-0.05, 0) is 25.0 Å². The number of para-hydroxylation sites is 1. The number of aliphatic hydroxyl groups excluding tert-OH is 1. The predicted molar refractivity (Wildman–Crippen MR) is 67.0 cm³/mol. The number of hydrogen-bond donors (Lipinski definition) is 1. The van der Waals surface area contributed by atoms with Crippen molar-refractivity contribution in [2.75, 3.05) is 18.0 Å². The van der Waals surface area contributed by atoms with Crippen molar-refractivity contribution in [2.24, 2.45) is 0 Å². The molecule has 1 N–H and O–H groups in total. The summed E-state index contributed by atoms with van der Waals surface area (Å²) in [7, 11) is 0. The lowest BCUT2D eigenvalue weighted by atomic mass is 10.1. The fourth-order valence-corrected chi connectivity index (χ4v) is 2.39. The number of nitrogens with zero attached hydrogens (tertiary/aromatic N) is 3. The summed E-state index contributed by atoms with van der Waals surface area (Å²) in [6, 6.07) is 7.99. The van der Waals surface area contributed by atoms with Gasteiger partial charge in [-0.3, -0.25) is 0 Å². The first-order valence-corrected chi connectivity index (χ1v) is 5.97. The van der Waals surface area contributed by atoms with Crippen LogP contribution in [0.15, 0.2) is 30.6 Å². The van der Waals surface area contributed by atoms with Gasteiger partial charge in [0.25, 0.3) is 0 Å². The Morgan fingerprint density at radius 1 is 1.24 bits per heavy atom. The van der Waals surface area contributed by atoms with Crippen molar-refractivity contribution >= 4 is 16.7 Å². The largest absolute Gasteiger partial charge is 0.391 e. The molecule has 2 aromatic rings. The Balaban J connectivity index is 2.04. The van der Waals surface area contributed by atoms with Crippen LogP contribution < -0.4 is 4.90 Å². The molecule has 1 saturated heterocycles. The number of fused-ring (bicyclic) bond motifs is 1. The Morgan fingerprint density at radius 3 is 3.00 bits per heavy atom. The van der Waals surface area contributed by atoms with Crippen LogP contribution in [0.3, 0.4) is 0 Å². The Labute approximate surface area is 99.9 Å². The summed E-state index contributed by atoms with van der Waals surface area (Å²) in [5.41, 5.74) is 0.956. The molecule has 1 aliphatic rings. The molecule has 0 bridgehead atoms. The monoisotopic (exact) mass is 229 g/mol. The highest BCUT2D eigenvalue weighted by Crippen LogP contribution is 2.25. The summed E-state index contributed by atoms with van der Waals surface area (Å²) in [5.74, 6) is 0.939. The molecule has 1 aromatic heterocycles. The van der Waals surface area contributed by atoms with Crippen LogP contribution in [0.5, 0.6) is 0 Å². The number of anilines is 1. The highest BCUT2D eigenvalue weighted by Gasteiger charge is 2.20. The summed E-state index contributed by atoms with van der Waals surface area (Å²) in [5, 5.41) is 10.8. The predicted octanol–water partition coefficient (Wildman–Crippen LogP) is 1.59. The van der Waals surface area contributed by atoms with Gasteiger partial charge in [-0.2, -0.15) is 0 Å². The summed E-state index contributed by atoms with van der Waals surface area (Å²) in [6.07, 6.45) is 3.26. The van der Waals surface area contributed by atoms with E-state index in [1.165, 1.54) is 0 Å². The second-order valence-electron chi connectivity index (χ2n) is 4.46. The first kappa shape index (κ1) is 10.5. The van der Waals surface area contributed by atoms with Gasteiger partial charge >= 0.3 is 0 Å². The molecular weight excluding hydrogens is 214 g/mol. The zero-order chi connectivity index (χ0) is 11.7. The van der Waals surface area contributed by atoms with Crippen molar-refractivity contribution < 1.29 is 5.11 Å². The second-order valence-corrected chi connectivity index (χ2v) is 4.46. The summed E-state index contributed by atoms with van der Waals surface area (Å²) in [4.78, 5) is 10.8. The molecule has 1 unspecified atom stereocenters. The molecule has 4 heteroatoms. The average molecular weight is 229 g/mol. The molecule has 0 aliphatic carbocycles. The summed E-state index contributed by atoms with van der Waals surface area (Å²) < 4.78 is 0. The fourth-order valence-electron chi connectivity index (χ4n) is 2.39. The normalized spacial score (nSPS) is 20.8. The van der Waals surface area contributed by atoms with Gasteiger partial charge in [-0.15, -0.1) is 0 Å². The van der Waals surface area contributed by atoms with E-state index < -0.39 is 0 Å². The molecule has 88 valence electrons. The zero-order valence-electron chi connectivity index (χ0n) is 9.58. The smallest absolute Gasteiger partial charge is 0.139 e. The lowest BCUT2D eigenvalue weighted by Gasteiger charge is -2.31. The molecule has 17 heavy (non-hydrogen) atoms. The second kappa shape index (κ2) is 4.30. The molecule has 0 amide bonds. The quantitative estimate of drug-likeness (QED) is 0.806. The van der Waals surface area contributed by atoms with E-state index in [4.69, 9.17) is 0 Å². The van der Waals surface area contributed by atoms with E-state index in [1.807, 2.05) is 24.3 Å². The van der Waals surface area contributed by atoms with Crippen LogP contribution in [-0.4, -0.2) is 34.3 Å². The van der Waals surface area contributed by atoms with Crippen LogP contribution in [0, 0.1) is 0 Å². The molecule has 3 rings (SSSR count). The number of piperidine rings is 1. The maximum Gasteiger partial charge on any atom is 0.139 e. The molecule has 0 radical (unpaired) electrons. The van der Waals surface area contributed by atoms with Crippen molar-refractivity contribution in [3.8, 4) is 0 Å². The highest BCUT2D eigenvalue weighted by molar-refractivity contribution is 5.89. The van der Waals surface area contributed by atoms with Crippen LogP contribution in [0.1, 0.15) is 12.8 Å². The van der Waals surface area contributed by atoms with E-state index in [-0.39, 0.29) is 6.10 Å². The molecular formula is C13H15N3O. The Kier molecular flexibility index (Phi) is 2.65. The van der Waals surface area contributed by atoms with E-state index in [0.717, 1.165) is 36.1 Å². The van der Waals surface area contributed by atoms with Gasteiger partial charge in [0.05, 0.1) is 11.6 Å². The van der Waals surface area contributed by atoms with Crippen LogP contribution in [0.25, 0.3) is 10.9 Å². The van der Waals surface area contributed by atoms with Gasteiger partial charge in [0, 0.05) is 18.5 Å². The van der Waals surface area contributed by atoms with Crippen molar-refractivity contribution in [1.82, 2.24) is 9.97 Å². The van der Waals surface area contributed by atoms with Gasteiger partial charge in [0.15, 0.2) is 0 Å². The van der Waals surface area contributed by atoms with Crippen molar-refractivity contribution in [3.05, 3.63) is 30.6 Å². The van der Waals surface area contributed by atoms with Crippen molar-refractivity contribution in [2.45, 2.75) is 18.9 Å². The van der Waals surface area contributed by atoms with Gasteiger partial charge in [-0.25, -0.2) is 9.97 Å². The fraction of sp³-hybridized carbons (Fsp3) is 0.385. The van der Waals surface area contributed by atoms with Gasteiger partial charge < -0.3 is 10.0 Å². The molecule has 1 aromatic carbocycles. The number of benzene rings is 1. The third-order valence-corrected chi connectivity index (χ3v) is 3.22. The maximum atomic E-state index is 9.73. The van der Waals surface area contributed by atoms with Gasteiger partial charge in [-0.1, -0.05) is 12.1 Å². The van der Waals surface area contributed by atoms with Crippen molar-refractivity contribution in [1.29, 1.82) is 0 Å². The van der Waals surface area contributed by atoms with E-state index in [9.17, 15) is 5.11 Å². The minimum Gasteiger partial charge on any atom is -0.391 e. The lowest BCUT2D eigenvalue weighted by molar-refractivity contribution is 0.154. The number of hydrogen-bond acceptors (Lipinski definition) is 4. The lowest BCUT2D eigenvalue weighted by Crippen LogP contribution is -2.38. The van der Waals surface area contributed by atoms with E-state index in [2.05, 4.69) is 14.9 Å². The molecule has 1 fully saturated rings. The Bertz CT molecular complexity index is 524. The third-order valence-electron chi connectivity index (χ3n) is 3.22. The number of rotatable bonds is 1. The molecule has 1 atom stereocenters. The first-order chi connectivity index (χ1) is 8.34. The van der Waals surface area contributed by atoms with Crippen LogP contribution in [0.2, 0.25) is 0 Å². The van der Waals surface area contributed by atoms with Crippen LogP contribution >= 0.6 is 0 Å². The molecule has 2 heterocycles. The minimum atomic E-state index is -0.238. The molecule has 1 aliphatic heterocycles. The van der Waals surface area contributed by atoms with Crippen molar-refractivity contribution in [3.63, 3.8) is 0 Å². The number of aromatic nitrogens is 2. The summed E-state index contributed by atoms with van der Waals surface area (Å²) in [6.45, 7) is 1.62. The van der Waals surface area contributed by atoms with E-state index in [0.29, 0.717) is 6.54 Å². The number of β-amino-alcohol motifs (C(OH)–C–C–N with tert-alkyl or cyclic N) is 1. The highest BCUT2D eigenvalue weighted by atomic mass is 16.3. The molecule has 4 nitrogen and oxygen atoms in total. The minimum absolute atomic E-state index is 0.238. The maximum absolute atomic E-state index is 9.73. The average Bonchev–Trinajstić information content (AvgIpc) is 2.38. The zero-order valence-corrected chi connectivity index (χ0v) is 9.58. The van der Waals surface area contributed by atoms with E-state index in [1.54, 1.807) is 6.33 Å². The molecule has 0 saturated carbocycles. The van der Waals surface area contributed by atoms with Gasteiger partial charge in [0.2, 0.25) is 0 Å². The van der Waals surface area contributed by atoms with Gasteiger partial charge in [0.1, 0.15) is 12.1 Å². The topological polar surface area (TPSA) is 49.2 Å². The molecule has 0 spiro atoms. The van der Waals surface area contributed by atoms with Crippen LogP contribution in [0.4, 0.5) is 5.82 Å². The third kappa shape index (κ3) is 1.96. The Morgan fingerprint density at radius 2 is 2.12 bits per heavy atom. The summed E-state index contributed by atoms with van der Waals surface area (Å²) >= 11 is 0. The first-order valence-electron chi connectivity index (χ1n) is 5.97. The Hall–Kier alpha value is -1.68. The number of aliphatic hydroxyl groups is 1. The SMILES string of the molecule is OC1CCCN(c2ncnc3ccccc23)C1.